The Morgan fingerprint density at radius 1 is 1.28 bits per heavy atom. The molecule has 0 radical (unpaired) electrons. The first kappa shape index (κ1) is 17.9. The molecule has 1 amide bonds. The van der Waals surface area contributed by atoms with Gasteiger partial charge in [-0.15, -0.1) is 0 Å². The number of methoxy groups -OCH3 is 1. The molecule has 3 rings (SSSR count). The number of esters is 1. The number of hydrogen-bond acceptors (Lipinski definition) is 6. The molecule has 0 unspecified atom stereocenters. The van der Waals surface area contributed by atoms with Crippen molar-refractivity contribution in [3.05, 3.63) is 23.2 Å². The standard InChI is InChI=1S/C18H26N2O5/c1-13-10-15(25-16(13)18(22)23-2)12-19-5-3-4-14(11-19)17(21)20-6-8-24-9-7-20/h10,14H,3-9,11-12H2,1-2H3/t14-/m1/s1. The summed E-state index contributed by atoms with van der Waals surface area (Å²) >= 11 is 0. The first-order valence-corrected chi connectivity index (χ1v) is 8.85. The predicted molar refractivity (Wildman–Crippen MR) is 90.2 cm³/mol. The minimum atomic E-state index is -0.456. The summed E-state index contributed by atoms with van der Waals surface area (Å²) in [5, 5.41) is 0. The van der Waals surface area contributed by atoms with Crippen LogP contribution < -0.4 is 0 Å². The molecule has 2 aliphatic rings. The molecule has 7 heteroatoms. The van der Waals surface area contributed by atoms with E-state index in [1.54, 1.807) is 0 Å². The highest BCUT2D eigenvalue weighted by Gasteiger charge is 2.30. The molecular weight excluding hydrogens is 324 g/mol. The first-order valence-electron chi connectivity index (χ1n) is 8.85. The van der Waals surface area contributed by atoms with Gasteiger partial charge in [-0.25, -0.2) is 4.79 Å². The van der Waals surface area contributed by atoms with Crippen molar-refractivity contribution in [2.45, 2.75) is 26.3 Å². The third-order valence-electron chi connectivity index (χ3n) is 4.90. The Bertz CT molecular complexity index is 621. The summed E-state index contributed by atoms with van der Waals surface area (Å²) in [6.45, 7) is 6.73. The highest BCUT2D eigenvalue weighted by Crippen LogP contribution is 2.23. The van der Waals surface area contributed by atoms with Crippen LogP contribution >= 0.6 is 0 Å². The second-order valence-electron chi connectivity index (χ2n) is 6.73. The zero-order valence-electron chi connectivity index (χ0n) is 15.0. The van der Waals surface area contributed by atoms with Crippen LogP contribution in [0.15, 0.2) is 10.5 Å². The van der Waals surface area contributed by atoms with Crippen molar-refractivity contribution in [1.82, 2.24) is 9.80 Å². The van der Waals surface area contributed by atoms with Gasteiger partial charge in [0.25, 0.3) is 0 Å². The number of ether oxygens (including phenoxy) is 2. The molecule has 138 valence electrons. The minimum Gasteiger partial charge on any atom is -0.463 e. The van der Waals surface area contributed by atoms with Crippen LogP contribution in [0.1, 0.15) is 34.7 Å². The van der Waals surface area contributed by atoms with Gasteiger partial charge in [-0.1, -0.05) is 0 Å². The molecule has 0 spiro atoms. The second-order valence-corrected chi connectivity index (χ2v) is 6.73. The van der Waals surface area contributed by atoms with E-state index in [1.165, 1.54) is 7.11 Å². The Morgan fingerprint density at radius 3 is 2.76 bits per heavy atom. The summed E-state index contributed by atoms with van der Waals surface area (Å²) in [5.41, 5.74) is 0.778. The van der Waals surface area contributed by atoms with E-state index >= 15 is 0 Å². The number of aryl methyl sites for hydroxylation is 1. The summed E-state index contributed by atoms with van der Waals surface area (Å²) in [6.07, 6.45) is 1.92. The van der Waals surface area contributed by atoms with Crippen molar-refractivity contribution >= 4 is 11.9 Å². The molecule has 0 N–H and O–H groups in total. The molecule has 2 fully saturated rings. The fourth-order valence-corrected chi connectivity index (χ4v) is 3.58. The van der Waals surface area contributed by atoms with E-state index in [9.17, 15) is 9.59 Å². The number of likely N-dealkylation sites (tertiary alicyclic amines) is 1. The van der Waals surface area contributed by atoms with Gasteiger partial charge in [0, 0.05) is 25.2 Å². The van der Waals surface area contributed by atoms with E-state index in [1.807, 2.05) is 17.9 Å². The lowest BCUT2D eigenvalue weighted by atomic mass is 9.96. The molecular formula is C18H26N2O5. The molecule has 1 atom stereocenters. The first-order chi connectivity index (χ1) is 12.1. The fraction of sp³-hybridized carbons (Fsp3) is 0.667. The van der Waals surface area contributed by atoms with Crippen molar-refractivity contribution in [3.8, 4) is 0 Å². The number of morpholine rings is 1. The highest BCUT2D eigenvalue weighted by molar-refractivity contribution is 5.87. The van der Waals surface area contributed by atoms with Gasteiger partial charge in [-0.3, -0.25) is 9.69 Å². The molecule has 0 aliphatic carbocycles. The number of furan rings is 1. The Balaban J connectivity index is 1.60. The normalized spacial score (nSPS) is 22.0. The van der Waals surface area contributed by atoms with Crippen LogP contribution in [0, 0.1) is 12.8 Å². The third kappa shape index (κ3) is 4.22. The Hall–Kier alpha value is -1.86. The lowest BCUT2D eigenvalue weighted by molar-refractivity contribution is -0.141. The molecule has 0 aromatic carbocycles. The predicted octanol–water partition coefficient (Wildman–Crippen LogP) is 1.45. The lowest BCUT2D eigenvalue weighted by Gasteiger charge is -2.35. The summed E-state index contributed by atoms with van der Waals surface area (Å²) < 4.78 is 15.7. The summed E-state index contributed by atoms with van der Waals surface area (Å²) in [4.78, 5) is 28.5. The van der Waals surface area contributed by atoms with Crippen molar-refractivity contribution in [3.63, 3.8) is 0 Å². The maximum Gasteiger partial charge on any atom is 0.374 e. The van der Waals surface area contributed by atoms with Crippen LogP contribution in [-0.4, -0.2) is 68.2 Å². The van der Waals surface area contributed by atoms with E-state index in [4.69, 9.17) is 13.9 Å². The largest absolute Gasteiger partial charge is 0.463 e. The van der Waals surface area contributed by atoms with Crippen LogP contribution in [0.25, 0.3) is 0 Å². The maximum atomic E-state index is 12.7. The Morgan fingerprint density at radius 2 is 2.04 bits per heavy atom. The average molecular weight is 350 g/mol. The van der Waals surface area contributed by atoms with Gasteiger partial charge >= 0.3 is 5.97 Å². The number of rotatable bonds is 4. The van der Waals surface area contributed by atoms with Crippen LogP contribution in [0.5, 0.6) is 0 Å². The molecule has 3 heterocycles. The van der Waals surface area contributed by atoms with E-state index < -0.39 is 5.97 Å². The van der Waals surface area contributed by atoms with Crippen molar-refractivity contribution in [1.29, 1.82) is 0 Å². The number of carbonyl (C=O) groups excluding carboxylic acids is 2. The van der Waals surface area contributed by atoms with Gasteiger partial charge in [-0.05, 0) is 32.4 Å². The Kier molecular flexibility index (Phi) is 5.75. The van der Waals surface area contributed by atoms with Crippen LogP contribution in [0.3, 0.4) is 0 Å². The minimum absolute atomic E-state index is 0.0305. The highest BCUT2D eigenvalue weighted by atomic mass is 16.5. The monoisotopic (exact) mass is 350 g/mol. The van der Waals surface area contributed by atoms with Crippen molar-refractivity contribution < 1.29 is 23.5 Å². The average Bonchev–Trinajstić information content (AvgIpc) is 3.01. The molecule has 1 aromatic heterocycles. The van der Waals surface area contributed by atoms with Crippen LogP contribution in [0.4, 0.5) is 0 Å². The topological polar surface area (TPSA) is 72.2 Å². The van der Waals surface area contributed by atoms with E-state index in [0.717, 1.165) is 37.3 Å². The molecule has 0 bridgehead atoms. The van der Waals surface area contributed by atoms with Crippen molar-refractivity contribution in [2.24, 2.45) is 5.92 Å². The van der Waals surface area contributed by atoms with Crippen LogP contribution in [0.2, 0.25) is 0 Å². The molecule has 2 saturated heterocycles. The van der Waals surface area contributed by atoms with Crippen molar-refractivity contribution in [2.75, 3.05) is 46.5 Å². The third-order valence-corrected chi connectivity index (χ3v) is 4.90. The molecule has 0 saturated carbocycles. The van der Waals surface area contributed by atoms with Gasteiger partial charge < -0.3 is 18.8 Å². The maximum absolute atomic E-state index is 12.7. The summed E-state index contributed by atoms with van der Waals surface area (Å²) in [7, 11) is 1.34. The van der Waals surface area contributed by atoms with Gasteiger partial charge in [0.1, 0.15) is 5.76 Å². The number of amides is 1. The summed E-state index contributed by atoms with van der Waals surface area (Å²) in [6, 6.07) is 1.87. The molecule has 25 heavy (non-hydrogen) atoms. The molecule has 2 aliphatic heterocycles. The van der Waals surface area contributed by atoms with E-state index in [-0.39, 0.29) is 17.6 Å². The van der Waals surface area contributed by atoms with Gasteiger partial charge in [-0.2, -0.15) is 0 Å². The number of carbonyl (C=O) groups is 2. The fourth-order valence-electron chi connectivity index (χ4n) is 3.58. The van der Waals surface area contributed by atoms with Crippen LogP contribution in [-0.2, 0) is 20.8 Å². The number of piperidine rings is 1. The van der Waals surface area contributed by atoms with E-state index in [2.05, 4.69) is 4.90 Å². The SMILES string of the molecule is COC(=O)c1oc(CN2CCC[C@@H](C(=O)N3CCOCC3)C2)cc1C. The molecule has 1 aromatic rings. The van der Waals surface area contributed by atoms with E-state index in [0.29, 0.717) is 32.8 Å². The zero-order chi connectivity index (χ0) is 17.8. The smallest absolute Gasteiger partial charge is 0.374 e. The zero-order valence-corrected chi connectivity index (χ0v) is 15.0. The van der Waals surface area contributed by atoms with Gasteiger partial charge in [0.2, 0.25) is 11.7 Å². The number of hydrogen-bond donors (Lipinski definition) is 0. The quantitative estimate of drug-likeness (QED) is 0.766. The lowest BCUT2D eigenvalue weighted by Crippen LogP contribution is -2.48. The second kappa shape index (κ2) is 8.01. The number of nitrogens with zero attached hydrogens (tertiary/aromatic N) is 2. The summed E-state index contributed by atoms with van der Waals surface area (Å²) in [5.74, 6) is 0.803. The molecule has 7 nitrogen and oxygen atoms in total. The van der Waals surface area contributed by atoms with Gasteiger partial charge in [0.05, 0.1) is 32.8 Å². The van der Waals surface area contributed by atoms with Gasteiger partial charge in [0.15, 0.2) is 0 Å². The Labute approximate surface area is 147 Å².